The van der Waals surface area contributed by atoms with Crippen LogP contribution in [0.25, 0.3) is 0 Å². The van der Waals surface area contributed by atoms with Crippen molar-refractivity contribution in [1.29, 1.82) is 0 Å². The molecule has 0 saturated heterocycles. The van der Waals surface area contributed by atoms with E-state index in [1.807, 2.05) is 12.1 Å². The second-order valence-electron chi connectivity index (χ2n) is 6.66. The Balaban J connectivity index is 1.70. The second kappa shape index (κ2) is 8.64. The number of rotatable bonds is 6. The molecule has 4 N–H and O–H groups in total. The van der Waals surface area contributed by atoms with Crippen molar-refractivity contribution in [3.8, 4) is 11.5 Å². The second-order valence-corrected chi connectivity index (χ2v) is 6.66. The van der Waals surface area contributed by atoms with Gasteiger partial charge in [0.15, 0.2) is 5.75 Å². The molecule has 2 atom stereocenters. The molecule has 2 aromatic rings. The van der Waals surface area contributed by atoms with Gasteiger partial charge in [0, 0.05) is 31.8 Å². The van der Waals surface area contributed by atoms with Crippen molar-refractivity contribution in [3.63, 3.8) is 0 Å². The number of nitrogens with one attached hydrogen (secondary N) is 2. The maximum atomic E-state index is 12.4. The Kier molecular flexibility index (Phi) is 6.03. The predicted octanol–water partition coefficient (Wildman–Crippen LogP) is 2.69. The molecule has 0 radical (unpaired) electrons. The Morgan fingerprint density at radius 2 is 2.07 bits per heavy atom. The van der Waals surface area contributed by atoms with Crippen molar-refractivity contribution >= 4 is 17.5 Å². The highest BCUT2D eigenvalue weighted by molar-refractivity contribution is 5.93. The minimum absolute atomic E-state index is 0.0748. The van der Waals surface area contributed by atoms with Crippen LogP contribution in [-0.2, 0) is 4.79 Å². The number of pyridine rings is 1. The SMILES string of the molecule is CNC(=O)c1cc(Oc2ccccc2NC(=O)C[C@@H]2CCC[C@H]2N)ccn1. The van der Waals surface area contributed by atoms with E-state index in [4.69, 9.17) is 10.5 Å². The average Bonchev–Trinajstić information content (AvgIpc) is 3.07. The Morgan fingerprint density at radius 3 is 2.81 bits per heavy atom. The third-order valence-electron chi connectivity index (χ3n) is 4.75. The van der Waals surface area contributed by atoms with Gasteiger partial charge in [-0.15, -0.1) is 0 Å². The summed E-state index contributed by atoms with van der Waals surface area (Å²) in [5.41, 5.74) is 6.89. The number of para-hydroxylation sites is 2. The molecule has 0 bridgehead atoms. The lowest BCUT2D eigenvalue weighted by Gasteiger charge is -2.16. The Morgan fingerprint density at radius 1 is 1.26 bits per heavy atom. The highest BCUT2D eigenvalue weighted by atomic mass is 16.5. The first kappa shape index (κ1) is 18.8. The third kappa shape index (κ3) is 4.83. The molecule has 142 valence electrons. The first-order chi connectivity index (χ1) is 13.1. The summed E-state index contributed by atoms with van der Waals surface area (Å²) in [5, 5.41) is 5.44. The van der Waals surface area contributed by atoms with E-state index in [2.05, 4.69) is 15.6 Å². The Bertz CT molecular complexity index is 824. The highest BCUT2D eigenvalue weighted by Gasteiger charge is 2.26. The number of amides is 2. The van der Waals surface area contributed by atoms with Crippen LogP contribution in [0.5, 0.6) is 11.5 Å². The van der Waals surface area contributed by atoms with Gasteiger partial charge in [-0.3, -0.25) is 14.6 Å². The number of nitrogens with two attached hydrogens (primary N) is 1. The van der Waals surface area contributed by atoms with E-state index in [0.717, 1.165) is 19.3 Å². The number of carbonyl (C=O) groups excluding carboxylic acids is 2. The van der Waals surface area contributed by atoms with Gasteiger partial charge in [0.25, 0.3) is 5.91 Å². The van der Waals surface area contributed by atoms with E-state index in [0.29, 0.717) is 23.6 Å². The van der Waals surface area contributed by atoms with E-state index in [1.165, 1.54) is 6.20 Å². The molecule has 27 heavy (non-hydrogen) atoms. The summed E-state index contributed by atoms with van der Waals surface area (Å²) in [7, 11) is 1.54. The Labute approximate surface area is 158 Å². The molecule has 2 amide bonds. The fourth-order valence-electron chi connectivity index (χ4n) is 3.27. The normalized spacial score (nSPS) is 18.7. The molecule has 7 heteroatoms. The van der Waals surface area contributed by atoms with Crippen molar-refractivity contribution in [2.75, 3.05) is 12.4 Å². The van der Waals surface area contributed by atoms with E-state index in [-0.39, 0.29) is 29.5 Å². The first-order valence-electron chi connectivity index (χ1n) is 9.07. The summed E-state index contributed by atoms with van der Waals surface area (Å²) in [6, 6.07) is 10.5. The fraction of sp³-hybridized carbons (Fsp3) is 0.350. The van der Waals surface area contributed by atoms with Gasteiger partial charge in [0.05, 0.1) is 5.69 Å². The smallest absolute Gasteiger partial charge is 0.269 e. The minimum Gasteiger partial charge on any atom is -0.455 e. The summed E-state index contributed by atoms with van der Waals surface area (Å²) in [5.74, 6) is 0.816. The lowest BCUT2D eigenvalue weighted by molar-refractivity contribution is -0.117. The van der Waals surface area contributed by atoms with Crippen LogP contribution in [0.1, 0.15) is 36.2 Å². The molecule has 3 rings (SSSR count). The number of hydrogen-bond acceptors (Lipinski definition) is 5. The third-order valence-corrected chi connectivity index (χ3v) is 4.75. The van der Waals surface area contributed by atoms with Crippen molar-refractivity contribution in [1.82, 2.24) is 10.3 Å². The highest BCUT2D eigenvalue weighted by Crippen LogP contribution is 2.31. The zero-order valence-electron chi connectivity index (χ0n) is 15.3. The van der Waals surface area contributed by atoms with E-state index < -0.39 is 0 Å². The van der Waals surface area contributed by atoms with Crippen LogP contribution in [0.15, 0.2) is 42.6 Å². The molecular weight excluding hydrogens is 344 g/mol. The summed E-state index contributed by atoms with van der Waals surface area (Å²) in [6.07, 6.45) is 4.96. The van der Waals surface area contributed by atoms with Gasteiger partial charge in [0.1, 0.15) is 11.4 Å². The van der Waals surface area contributed by atoms with Crippen LogP contribution in [-0.4, -0.2) is 29.9 Å². The fourth-order valence-corrected chi connectivity index (χ4v) is 3.27. The molecule has 7 nitrogen and oxygen atoms in total. The number of hydrogen-bond donors (Lipinski definition) is 3. The molecule has 1 aliphatic carbocycles. The van der Waals surface area contributed by atoms with E-state index in [9.17, 15) is 9.59 Å². The maximum absolute atomic E-state index is 12.4. The van der Waals surface area contributed by atoms with Crippen molar-refractivity contribution in [2.45, 2.75) is 31.7 Å². The molecule has 1 aromatic heterocycles. The molecule has 0 unspecified atom stereocenters. The summed E-state index contributed by atoms with van der Waals surface area (Å²) in [4.78, 5) is 28.2. The molecular formula is C20H24N4O3. The zero-order chi connectivity index (χ0) is 19.2. The predicted molar refractivity (Wildman–Crippen MR) is 103 cm³/mol. The van der Waals surface area contributed by atoms with Crippen LogP contribution >= 0.6 is 0 Å². The van der Waals surface area contributed by atoms with Crippen molar-refractivity contribution < 1.29 is 14.3 Å². The lowest BCUT2D eigenvalue weighted by Crippen LogP contribution is -2.28. The van der Waals surface area contributed by atoms with Crippen LogP contribution in [0.4, 0.5) is 5.69 Å². The van der Waals surface area contributed by atoms with Gasteiger partial charge < -0.3 is 21.1 Å². The average molecular weight is 368 g/mol. The molecule has 1 heterocycles. The molecule has 1 aromatic carbocycles. The van der Waals surface area contributed by atoms with Gasteiger partial charge in [-0.25, -0.2) is 0 Å². The summed E-state index contributed by atoms with van der Waals surface area (Å²) in [6.45, 7) is 0. The molecule has 0 spiro atoms. The van der Waals surface area contributed by atoms with Crippen LogP contribution in [0.3, 0.4) is 0 Å². The Hall–Kier alpha value is -2.93. The largest absolute Gasteiger partial charge is 0.455 e. The van der Waals surface area contributed by atoms with Gasteiger partial charge in [-0.05, 0) is 37.0 Å². The number of aromatic nitrogens is 1. The van der Waals surface area contributed by atoms with Crippen LogP contribution < -0.4 is 21.1 Å². The van der Waals surface area contributed by atoms with E-state index >= 15 is 0 Å². The maximum Gasteiger partial charge on any atom is 0.269 e. The van der Waals surface area contributed by atoms with Crippen LogP contribution in [0.2, 0.25) is 0 Å². The number of nitrogens with zero attached hydrogens (tertiary/aromatic N) is 1. The molecule has 1 aliphatic rings. The number of carbonyl (C=O) groups is 2. The van der Waals surface area contributed by atoms with Crippen molar-refractivity contribution in [3.05, 3.63) is 48.3 Å². The first-order valence-corrected chi connectivity index (χ1v) is 9.07. The number of benzene rings is 1. The number of anilines is 1. The number of ether oxygens (including phenoxy) is 1. The monoisotopic (exact) mass is 368 g/mol. The van der Waals surface area contributed by atoms with Gasteiger partial charge in [0.2, 0.25) is 5.91 Å². The van der Waals surface area contributed by atoms with Gasteiger partial charge >= 0.3 is 0 Å². The molecule has 1 fully saturated rings. The molecule has 1 saturated carbocycles. The lowest BCUT2D eigenvalue weighted by atomic mass is 10.00. The zero-order valence-corrected chi connectivity index (χ0v) is 15.3. The van der Waals surface area contributed by atoms with Gasteiger partial charge in [-0.2, -0.15) is 0 Å². The quantitative estimate of drug-likeness (QED) is 0.727. The summed E-state index contributed by atoms with van der Waals surface area (Å²) >= 11 is 0. The minimum atomic E-state index is -0.296. The van der Waals surface area contributed by atoms with Crippen molar-refractivity contribution in [2.24, 2.45) is 11.7 Å². The topological polar surface area (TPSA) is 106 Å². The van der Waals surface area contributed by atoms with Gasteiger partial charge in [-0.1, -0.05) is 18.6 Å². The van der Waals surface area contributed by atoms with E-state index in [1.54, 1.807) is 31.3 Å². The summed E-state index contributed by atoms with van der Waals surface area (Å²) < 4.78 is 5.88. The molecule has 0 aliphatic heterocycles. The van der Waals surface area contributed by atoms with Crippen LogP contribution in [0, 0.1) is 5.92 Å². The standard InChI is InChI=1S/C20H24N4O3/c1-22-20(26)17-12-14(9-10-23-17)27-18-8-3-2-7-16(18)24-19(25)11-13-5-4-6-15(13)21/h2-3,7-10,12-13,15H,4-6,11,21H2,1H3,(H,22,26)(H,24,25)/t13-,15+/m0/s1.